The first-order chi connectivity index (χ1) is 3.43. The maximum absolute atomic E-state index is 3.40. The number of hydrogen-bond acceptors (Lipinski definition) is 0. The predicted octanol–water partition coefficient (Wildman–Crippen LogP) is 2.93. The molecule has 1 rings (SSSR count). The summed E-state index contributed by atoms with van der Waals surface area (Å²) in [5, 5.41) is 1.48. The fourth-order valence-electron chi connectivity index (χ4n) is 0.315. The molecule has 0 aromatic carbocycles. The first kappa shape index (κ1) is 6.19. The lowest BCUT2D eigenvalue weighted by molar-refractivity contribution is 2.23. The van der Waals surface area contributed by atoms with Gasteiger partial charge in [-0.3, -0.25) is 0 Å². The van der Waals surface area contributed by atoms with Gasteiger partial charge in [0.1, 0.15) is 0 Å². The van der Waals surface area contributed by atoms with Crippen molar-refractivity contribution in [1.29, 1.82) is 0 Å². The minimum absolute atomic E-state index is 1.01. The largest absolute Gasteiger partial charge is 0.110 e. The second-order valence-corrected chi connectivity index (χ2v) is 5.52. The third-order valence-corrected chi connectivity index (χ3v) is 5.81. The van der Waals surface area contributed by atoms with E-state index in [-0.39, 0.29) is 0 Å². The second kappa shape index (κ2) is 3.17. The van der Waals surface area contributed by atoms with Gasteiger partial charge < -0.3 is 0 Å². The fourth-order valence-corrected chi connectivity index (χ4v) is 5.15. The van der Waals surface area contributed by atoms with Crippen LogP contribution in [0.1, 0.15) is 0 Å². The molecular formula is C3H4P4. The van der Waals surface area contributed by atoms with Gasteiger partial charge in [0.15, 0.2) is 0 Å². The van der Waals surface area contributed by atoms with Crippen LogP contribution in [0.25, 0.3) is 0 Å². The van der Waals surface area contributed by atoms with E-state index in [4.69, 9.17) is 0 Å². The molecule has 1 aromatic rings. The zero-order chi connectivity index (χ0) is 5.11. The smallest absolute Gasteiger partial charge is 0.0165 e. The van der Waals surface area contributed by atoms with Crippen molar-refractivity contribution < 1.29 is 0 Å². The van der Waals surface area contributed by atoms with E-state index in [1.165, 1.54) is 21.2 Å². The van der Waals surface area contributed by atoms with Crippen LogP contribution in [-0.4, -0.2) is 0 Å². The van der Waals surface area contributed by atoms with E-state index in [0.29, 0.717) is 0 Å². The summed E-state index contributed by atoms with van der Waals surface area (Å²) in [4.78, 5) is 0. The van der Waals surface area contributed by atoms with Gasteiger partial charge in [0.05, 0.1) is 0 Å². The Hall–Kier alpha value is 1.07. The van der Waals surface area contributed by atoms with Crippen LogP contribution < -0.4 is 5.04 Å². The first-order valence-corrected chi connectivity index (χ1v) is 6.85. The number of hydrogen-bond donors (Lipinski definition) is 0. The van der Waals surface area contributed by atoms with E-state index in [0.717, 1.165) is 7.87 Å². The highest BCUT2D eigenvalue weighted by atomic mass is 32.0. The van der Waals surface area contributed by atoms with Crippen molar-refractivity contribution >= 4 is 38.0 Å². The van der Waals surface area contributed by atoms with E-state index in [9.17, 15) is 0 Å². The van der Waals surface area contributed by atoms with E-state index in [1.807, 2.05) is 0 Å². The van der Waals surface area contributed by atoms with Gasteiger partial charge in [-0.2, -0.15) is 0 Å². The molecule has 1 aromatic heterocycles. The Labute approximate surface area is 50.4 Å². The molecule has 0 N–H and O–H groups in total. The highest BCUT2D eigenvalue weighted by Gasteiger charge is 1.84. The van der Waals surface area contributed by atoms with Crippen LogP contribution >= 0.6 is 32.9 Å². The summed E-state index contributed by atoms with van der Waals surface area (Å²) in [6, 6.07) is 2.19. The second-order valence-electron chi connectivity index (χ2n) is 1.04. The Kier molecular flexibility index (Phi) is 2.80. The highest BCUT2D eigenvalue weighted by Crippen LogP contribution is 2.29. The standard InChI is InChI=1S/C3H4P4/c4-6-3-1-2-5-7-3/h1-2,4-5H. The molecule has 0 saturated heterocycles. The molecule has 0 amide bonds. The molecule has 36 valence electrons. The molecule has 4 heteroatoms. The topological polar surface area (TPSA) is 0 Å². The maximum Gasteiger partial charge on any atom is 0.0165 e. The maximum atomic E-state index is 3.40. The zero-order valence-corrected chi connectivity index (χ0v) is 7.34. The summed E-state index contributed by atoms with van der Waals surface area (Å²) in [6.07, 6.45) is 0. The summed E-state index contributed by atoms with van der Waals surface area (Å²) in [5.41, 5.74) is 0. The van der Waals surface area contributed by atoms with Crippen LogP contribution in [0.15, 0.2) is 11.9 Å². The molecule has 2 radical (unpaired) electrons. The lowest BCUT2D eigenvalue weighted by Gasteiger charge is -1.76. The van der Waals surface area contributed by atoms with Crippen molar-refractivity contribution in [3.05, 3.63) is 11.9 Å². The molecule has 0 aliphatic carbocycles. The third-order valence-electron chi connectivity index (χ3n) is 0.601. The van der Waals surface area contributed by atoms with Gasteiger partial charge in [0, 0.05) is 5.04 Å². The van der Waals surface area contributed by atoms with Gasteiger partial charge in [-0.1, -0.05) is 8.93 Å². The molecule has 1 unspecified atom stereocenters. The molecule has 0 spiro atoms. The average Bonchev–Trinajstić information content (AvgIpc) is 2.14. The Balaban J connectivity index is 2.76. The van der Waals surface area contributed by atoms with Crippen molar-refractivity contribution in [3.8, 4) is 0 Å². The minimum atomic E-state index is 1.01. The van der Waals surface area contributed by atoms with Crippen LogP contribution in [0.3, 0.4) is 0 Å². The van der Waals surface area contributed by atoms with Crippen LogP contribution in [0.4, 0.5) is 0 Å². The van der Waals surface area contributed by atoms with E-state index in [2.05, 4.69) is 20.8 Å². The fraction of sp³-hybridized carbons (Fsp3) is 0. The molecule has 0 aliphatic heterocycles. The predicted molar refractivity (Wildman–Crippen MR) is 43.3 cm³/mol. The third kappa shape index (κ3) is 1.79. The summed E-state index contributed by atoms with van der Waals surface area (Å²) in [7, 11) is 7.16. The summed E-state index contributed by atoms with van der Waals surface area (Å²) in [6.45, 7) is 0. The van der Waals surface area contributed by atoms with Gasteiger partial charge in [-0.05, 0) is 28.0 Å². The summed E-state index contributed by atoms with van der Waals surface area (Å²) < 4.78 is 0. The molecule has 0 saturated carbocycles. The molecule has 0 fully saturated rings. The van der Waals surface area contributed by atoms with Crippen molar-refractivity contribution in [2.75, 3.05) is 0 Å². The quantitative estimate of drug-likeness (QED) is 0.559. The Morgan fingerprint density at radius 2 is 2.71 bits per heavy atom. The SMILES string of the molecule is [PH][P]c1cc[pH]p1. The van der Waals surface area contributed by atoms with Crippen LogP contribution in [0.2, 0.25) is 0 Å². The van der Waals surface area contributed by atoms with Gasteiger partial charge in [0.25, 0.3) is 0 Å². The van der Waals surface area contributed by atoms with Crippen LogP contribution in [0, 0.1) is 0 Å². The summed E-state index contributed by atoms with van der Waals surface area (Å²) in [5.74, 6) is 2.23. The molecule has 1 heterocycles. The normalized spacial score (nSPS) is 13.3. The molecule has 0 aliphatic rings. The Morgan fingerprint density at radius 1 is 1.86 bits per heavy atom. The van der Waals surface area contributed by atoms with Gasteiger partial charge >= 0.3 is 0 Å². The van der Waals surface area contributed by atoms with E-state index >= 15 is 0 Å². The molecular weight excluding hydrogens is 160 g/mol. The first-order valence-electron chi connectivity index (χ1n) is 1.81. The molecule has 0 nitrogen and oxygen atoms in total. The zero-order valence-electron chi connectivity index (χ0n) is 3.55. The molecule has 1 atom stereocenters. The lowest BCUT2D eigenvalue weighted by atomic mass is 10.8. The monoisotopic (exact) mass is 164 g/mol. The van der Waals surface area contributed by atoms with E-state index < -0.39 is 0 Å². The van der Waals surface area contributed by atoms with Crippen molar-refractivity contribution in [1.82, 2.24) is 0 Å². The van der Waals surface area contributed by atoms with Crippen molar-refractivity contribution in [3.63, 3.8) is 0 Å². The van der Waals surface area contributed by atoms with Crippen molar-refractivity contribution in [2.24, 2.45) is 0 Å². The Bertz CT molecular complexity index is 121. The lowest BCUT2D eigenvalue weighted by Crippen LogP contribution is -1.71. The molecule has 7 heavy (non-hydrogen) atoms. The average molecular weight is 164 g/mol. The van der Waals surface area contributed by atoms with Crippen LogP contribution in [0.5, 0.6) is 0 Å². The van der Waals surface area contributed by atoms with E-state index in [1.54, 1.807) is 0 Å². The molecule has 0 bridgehead atoms. The number of rotatable bonds is 1. The summed E-state index contributed by atoms with van der Waals surface area (Å²) >= 11 is 0. The van der Waals surface area contributed by atoms with Crippen LogP contribution in [-0.2, 0) is 0 Å². The Morgan fingerprint density at radius 3 is 3.00 bits per heavy atom. The van der Waals surface area contributed by atoms with Gasteiger partial charge in [-0.15, -0.1) is 7.87 Å². The van der Waals surface area contributed by atoms with Gasteiger partial charge in [-0.25, -0.2) is 0 Å². The minimum Gasteiger partial charge on any atom is -0.110 e. The van der Waals surface area contributed by atoms with Gasteiger partial charge in [0.2, 0.25) is 0 Å². The van der Waals surface area contributed by atoms with Crippen molar-refractivity contribution in [2.45, 2.75) is 0 Å². The highest BCUT2D eigenvalue weighted by molar-refractivity contribution is 8.12.